The molecule has 0 saturated heterocycles. The fraction of sp³-hybridized carbons (Fsp3) is 0.588. The molecule has 6 heteroatoms. The van der Waals surface area contributed by atoms with Crippen LogP contribution in [0, 0.1) is 12.8 Å². The Morgan fingerprint density at radius 1 is 1.22 bits per heavy atom. The van der Waals surface area contributed by atoms with E-state index in [-0.39, 0.29) is 5.91 Å². The van der Waals surface area contributed by atoms with Crippen molar-refractivity contribution in [3.8, 4) is 0 Å². The van der Waals surface area contributed by atoms with E-state index < -0.39 is 10.0 Å². The second-order valence-electron chi connectivity index (χ2n) is 6.30. The van der Waals surface area contributed by atoms with E-state index in [1.807, 2.05) is 31.2 Å². The van der Waals surface area contributed by atoms with Crippen molar-refractivity contribution in [1.82, 2.24) is 9.62 Å². The van der Waals surface area contributed by atoms with Gasteiger partial charge in [-0.1, -0.05) is 38.1 Å². The molecule has 1 aromatic rings. The van der Waals surface area contributed by atoms with Crippen LogP contribution < -0.4 is 5.32 Å². The van der Waals surface area contributed by atoms with E-state index in [9.17, 15) is 13.2 Å². The van der Waals surface area contributed by atoms with Crippen LogP contribution in [0.4, 0.5) is 0 Å². The van der Waals surface area contributed by atoms with Crippen LogP contribution in [0.3, 0.4) is 0 Å². The number of nitrogens with zero attached hydrogens (tertiary/aromatic N) is 1. The molecule has 0 aliphatic rings. The molecule has 0 heterocycles. The first-order chi connectivity index (χ1) is 10.7. The number of amides is 1. The van der Waals surface area contributed by atoms with Crippen LogP contribution in [0.5, 0.6) is 0 Å². The van der Waals surface area contributed by atoms with Gasteiger partial charge in [-0.25, -0.2) is 12.7 Å². The van der Waals surface area contributed by atoms with Crippen molar-refractivity contribution in [3.63, 3.8) is 0 Å². The first kappa shape index (κ1) is 19.6. The van der Waals surface area contributed by atoms with E-state index >= 15 is 0 Å². The molecule has 1 N–H and O–H groups in total. The predicted octanol–water partition coefficient (Wildman–Crippen LogP) is 1.96. The van der Waals surface area contributed by atoms with Crippen molar-refractivity contribution >= 4 is 15.9 Å². The number of hydrogen-bond acceptors (Lipinski definition) is 3. The normalized spacial score (nSPS) is 11.9. The minimum atomic E-state index is -3.24. The number of carbonyl (C=O) groups excluding carboxylic acids is 1. The van der Waals surface area contributed by atoms with E-state index in [2.05, 4.69) is 19.2 Å². The molecule has 0 aromatic heterocycles. The van der Waals surface area contributed by atoms with Crippen LogP contribution in [-0.2, 0) is 21.2 Å². The average molecular weight is 340 g/mol. The van der Waals surface area contributed by atoms with Crippen molar-refractivity contribution in [1.29, 1.82) is 0 Å². The Balaban J connectivity index is 2.46. The van der Waals surface area contributed by atoms with E-state index in [1.165, 1.54) is 10.6 Å². The lowest BCUT2D eigenvalue weighted by Gasteiger charge is -2.21. The summed E-state index contributed by atoms with van der Waals surface area (Å²) >= 11 is 0. The van der Waals surface area contributed by atoms with Gasteiger partial charge in [-0.3, -0.25) is 4.79 Å². The van der Waals surface area contributed by atoms with Gasteiger partial charge in [-0.15, -0.1) is 0 Å². The first-order valence-electron chi connectivity index (χ1n) is 7.96. The lowest BCUT2D eigenvalue weighted by molar-refractivity contribution is -0.120. The highest BCUT2D eigenvalue weighted by molar-refractivity contribution is 7.88. The summed E-state index contributed by atoms with van der Waals surface area (Å²) in [6, 6.07) is 7.75. The average Bonchev–Trinajstić information content (AvgIpc) is 2.43. The molecule has 0 saturated carbocycles. The SMILES string of the molecule is Cc1ccccc1CC(=O)NCCN(CCC(C)C)S(C)(=O)=O. The Kier molecular flexibility index (Phi) is 7.72. The highest BCUT2D eigenvalue weighted by Gasteiger charge is 2.16. The Morgan fingerprint density at radius 2 is 1.87 bits per heavy atom. The maximum atomic E-state index is 12.0. The Bertz CT molecular complexity index is 612. The van der Waals surface area contributed by atoms with Gasteiger partial charge in [0.25, 0.3) is 0 Å². The summed E-state index contributed by atoms with van der Waals surface area (Å²) in [6.45, 7) is 7.22. The number of nitrogens with one attached hydrogen (secondary N) is 1. The molecule has 0 aliphatic heterocycles. The van der Waals surface area contributed by atoms with Gasteiger partial charge in [0.05, 0.1) is 12.7 Å². The lowest BCUT2D eigenvalue weighted by Crippen LogP contribution is -2.39. The van der Waals surface area contributed by atoms with Gasteiger partial charge >= 0.3 is 0 Å². The van der Waals surface area contributed by atoms with E-state index in [1.54, 1.807) is 0 Å². The third kappa shape index (κ3) is 7.61. The number of aryl methyl sites for hydroxylation is 1. The molecule has 0 spiro atoms. The lowest BCUT2D eigenvalue weighted by atomic mass is 10.1. The minimum Gasteiger partial charge on any atom is -0.354 e. The second kappa shape index (κ2) is 9.03. The van der Waals surface area contributed by atoms with Crippen LogP contribution in [0.2, 0.25) is 0 Å². The van der Waals surface area contributed by atoms with E-state index in [4.69, 9.17) is 0 Å². The molecule has 0 unspecified atom stereocenters. The molecule has 23 heavy (non-hydrogen) atoms. The van der Waals surface area contributed by atoms with E-state index in [0.717, 1.165) is 17.5 Å². The third-order valence-electron chi connectivity index (χ3n) is 3.72. The van der Waals surface area contributed by atoms with Crippen molar-refractivity contribution in [2.75, 3.05) is 25.9 Å². The quantitative estimate of drug-likeness (QED) is 0.747. The van der Waals surface area contributed by atoms with Crippen molar-refractivity contribution in [3.05, 3.63) is 35.4 Å². The number of rotatable bonds is 9. The number of carbonyl (C=O) groups is 1. The standard InChI is InChI=1S/C17H28N2O3S/c1-14(2)9-11-19(23(4,21)22)12-10-18-17(20)13-16-8-6-5-7-15(16)3/h5-8,14H,9-13H2,1-4H3,(H,18,20). The number of sulfonamides is 1. The van der Waals surface area contributed by atoms with Gasteiger partial charge in [-0.05, 0) is 30.4 Å². The molecule has 0 radical (unpaired) electrons. The monoisotopic (exact) mass is 340 g/mol. The van der Waals surface area contributed by atoms with E-state index in [0.29, 0.717) is 32.0 Å². The summed E-state index contributed by atoms with van der Waals surface area (Å²) in [5, 5.41) is 2.80. The van der Waals surface area contributed by atoms with Gasteiger partial charge in [0.1, 0.15) is 0 Å². The van der Waals surface area contributed by atoms with Crippen molar-refractivity contribution in [2.45, 2.75) is 33.6 Å². The second-order valence-corrected chi connectivity index (χ2v) is 8.28. The summed E-state index contributed by atoms with van der Waals surface area (Å²) in [5.74, 6) is 0.353. The topological polar surface area (TPSA) is 66.5 Å². The summed E-state index contributed by atoms with van der Waals surface area (Å²) in [7, 11) is -3.24. The highest BCUT2D eigenvalue weighted by atomic mass is 32.2. The van der Waals surface area contributed by atoms with Gasteiger partial charge in [0.2, 0.25) is 15.9 Å². The van der Waals surface area contributed by atoms with Gasteiger partial charge in [0.15, 0.2) is 0 Å². The van der Waals surface area contributed by atoms with Gasteiger partial charge in [-0.2, -0.15) is 0 Å². The molecule has 0 aliphatic carbocycles. The van der Waals surface area contributed by atoms with Crippen LogP contribution in [-0.4, -0.2) is 44.5 Å². The number of hydrogen-bond donors (Lipinski definition) is 1. The van der Waals surface area contributed by atoms with Crippen LogP contribution in [0.15, 0.2) is 24.3 Å². The predicted molar refractivity (Wildman–Crippen MR) is 93.8 cm³/mol. The molecule has 130 valence electrons. The van der Waals surface area contributed by atoms with Crippen molar-refractivity contribution < 1.29 is 13.2 Å². The summed E-state index contributed by atoms with van der Waals surface area (Å²) in [5.41, 5.74) is 2.07. The molecule has 5 nitrogen and oxygen atoms in total. The molecule has 1 aromatic carbocycles. The Labute approximate surface area is 140 Å². The molecular weight excluding hydrogens is 312 g/mol. The molecule has 1 amide bonds. The fourth-order valence-electron chi connectivity index (χ4n) is 2.21. The third-order valence-corrected chi connectivity index (χ3v) is 5.02. The highest BCUT2D eigenvalue weighted by Crippen LogP contribution is 2.08. The Morgan fingerprint density at radius 3 is 2.43 bits per heavy atom. The zero-order chi connectivity index (χ0) is 17.5. The molecule has 0 atom stereocenters. The molecule has 0 fully saturated rings. The Hall–Kier alpha value is -1.40. The molecular formula is C17H28N2O3S. The summed E-state index contributed by atoms with van der Waals surface area (Å²) < 4.78 is 25.0. The fourth-order valence-corrected chi connectivity index (χ4v) is 3.07. The smallest absolute Gasteiger partial charge is 0.224 e. The molecule has 1 rings (SSSR count). The largest absolute Gasteiger partial charge is 0.354 e. The number of benzene rings is 1. The van der Waals surface area contributed by atoms with Crippen LogP contribution in [0.1, 0.15) is 31.4 Å². The zero-order valence-corrected chi connectivity index (χ0v) is 15.3. The summed E-state index contributed by atoms with van der Waals surface area (Å²) in [6.07, 6.45) is 2.34. The van der Waals surface area contributed by atoms with Crippen LogP contribution in [0.25, 0.3) is 0 Å². The maximum absolute atomic E-state index is 12.0. The minimum absolute atomic E-state index is 0.0865. The van der Waals surface area contributed by atoms with Crippen molar-refractivity contribution in [2.24, 2.45) is 5.92 Å². The van der Waals surface area contributed by atoms with Crippen LogP contribution >= 0.6 is 0 Å². The molecule has 0 bridgehead atoms. The maximum Gasteiger partial charge on any atom is 0.224 e. The zero-order valence-electron chi connectivity index (χ0n) is 14.5. The van der Waals surface area contributed by atoms with Gasteiger partial charge in [0, 0.05) is 19.6 Å². The first-order valence-corrected chi connectivity index (χ1v) is 9.81. The van der Waals surface area contributed by atoms with Gasteiger partial charge < -0.3 is 5.32 Å². The summed E-state index contributed by atoms with van der Waals surface area (Å²) in [4.78, 5) is 12.0.